The second-order valence-corrected chi connectivity index (χ2v) is 3.64. The molecule has 2 rings (SSSR count). The molecule has 0 bridgehead atoms. The molecule has 0 saturated carbocycles. The number of ether oxygens (including phenoxy) is 3. The van der Waals surface area contributed by atoms with Crippen molar-refractivity contribution in [3.05, 3.63) is 23.0 Å². The maximum atomic E-state index is 11.3. The van der Waals surface area contributed by atoms with E-state index in [0.717, 1.165) is 0 Å². The van der Waals surface area contributed by atoms with Crippen LogP contribution in [-0.2, 0) is 9.47 Å². The van der Waals surface area contributed by atoms with Crippen molar-refractivity contribution in [2.24, 2.45) is 0 Å². The molecule has 1 saturated heterocycles. The minimum atomic E-state index is -0.473. The number of carbonyl (C=O) groups is 1. The summed E-state index contributed by atoms with van der Waals surface area (Å²) in [7, 11) is 1.30. The van der Waals surface area contributed by atoms with E-state index in [0.29, 0.717) is 24.5 Å². The number of nitrogens with zero attached hydrogens (tertiary/aromatic N) is 1. The molecule has 1 aliphatic heterocycles. The molecule has 86 valence electrons. The summed E-state index contributed by atoms with van der Waals surface area (Å²) in [5.74, 6) is -0.100. The number of methoxy groups -OCH3 is 1. The van der Waals surface area contributed by atoms with Gasteiger partial charge in [-0.3, -0.25) is 0 Å². The Hall–Kier alpha value is -1.33. The van der Waals surface area contributed by atoms with Crippen molar-refractivity contribution >= 4 is 17.6 Å². The van der Waals surface area contributed by atoms with Gasteiger partial charge in [0.05, 0.1) is 25.9 Å². The lowest BCUT2D eigenvalue weighted by molar-refractivity contribution is -0.0797. The molecular formula is C10H10ClNO4. The monoisotopic (exact) mass is 243 g/mol. The smallest absolute Gasteiger partial charge is 0.339 e. The van der Waals surface area contributed by atoms with Gasteiger partial charge in [-0.2, -0.15) is 0 Å². The van der Waals surface area contributed by atoms with Crippen LogP contribution in [0.25, 0.3) is 0 Å². The summed E-state index contributed by atoms with van der Waals surface area (Å²) in [5, 5.41) is 0.222. The molecule has 1 fully saturated rings. The van der Waals surface area contributed by atoms with E-state index in [-0.39, 0.29) is 11.3 Å². The summed E-state index contributed by atoms with van der Waals surface area (Å²) in [6.45, 7) is 1.05. The minimum absolute atomic E-state index is 0.0211. The first kappa shape index (κ1) is 11.2. The Balaban J connectivity index is 2.17. The molecule has 0 aromatic carbocycles. The fourth-order valence-corrected chi connectivity index (χ4v) is 1.35. The predicted octanol–water partition coefficient (Wildman–Crippen LogP) is 1.30. The molecule has 6 heteroatoms. The van der Waals surface area contributed by atoms with Crippen LogP contribution in [-0.4, -0.2) is 37.4 Å². The number of hydrogen-bond acceptors (Lipinski definition) is 5. The zero-order chi connectivity index (χ0) is 11.5. The lowest BCUT2D eigenvalue weighted by Gasteiger charge is -2.26. The number of pyridine rings is 1. The van der Waals surface area contributed by atoms with Crippen LogP contribution in [0.4, 0.5) is 0 Å². The predicted molar refractivity (Wildman–Crippen MR) is 55.8 cm³/mol. The van der Waals surface area contributed by atoms with Crippen molar-refractivity contribution in [2.45, 2.75) is 6.10 Å². The van der Waals surface area contributed by atoms with E-state index < -0.39 is 5.97 Å². The van der Waals surface area contributed by atoms with Gasteiger partial charge in [0.15, 0.2) is 10.9 Å². The SMILES string of the molecule is COC(=O)c1cnc(Cl)c(OC2COC2)c1. The Morgan fingerprint density at radius 1 is 1.62 bits per heavy atom. The van der Waals surface area contributed by atoms with Gasteiger partial charge < -0.3 is 14.2 Å². The number of aromatic nitrogens is 1. The molecule has 1 aromatic heterocycles. The molecule has 16 heavy (non-hydrogen) atoms. The number of carbonyl (C=O) groups excluding carboxylic acids is 1. The summed E-state index contributed by atoms with van der Waals surface area (Å²) < 4.78 is 15.0. The van der Waals surface area contributed by atoms with Gasteiger partial charge in [0, 0.05) is 6.20 Å². The fraction of sp³-hybridized carbons (Fsp3) is 0.400. The lowest BCUT2D eigenvalue weighted by atomic mass is 10.2. The van der Waals surface area contributed by atoms with Crippen LogP contribution in [0, 0.1) is 0 Å². The third kappa shape index (κ3) is 2.25. The minimum Gasteiger partial charge on any atom is -0.482 e. The molecule has 0 amide bonds. The molecule has 0 radical (unpaired) electrons. The van der Waals surface area contributed by atoms with Crippen LogP contribution >= 0.6 is 11.6 Å². The Bertz CT molecular complexity index is 406. The van der Waals surface area contributed by atoms with Crippen LogP contribution in [0.5, 0.6) is 5.75 Å². The third-order valence-corrected chi connectivity index (χ3v) is 2.41. The van der Waals surface area contributed by atoms with Gasteiger partial charge in [-0.1, -0.05) is 11.6 Å². The summed E-state index contributed by atoms with van der Waals surface area (Å²) in [4.78, 5) is 15.1. The Morgan fingerprint density at radius 3 is 2.94 bits per heavy atom. The molecule has 5 nitrogen and oxygen atoms in total. The molecular weight excluding hydrogens is 234 g/mol. The van der Waals surface area contributed by atoms with Crippen molar-refractivity contribution in [2.75, 3.05) is 20.3 Å². The van der Waals surface area contributed by atoms with E-state index in [4.69, 9.17) is 21.1 Å². The van der Waals surface area contributed by atoms with Gasteiger partial charge in [-0.25, -0.2) is 9.78 Å². The van der Waals surface area contributed by atoms with Crippen LogP contribution in [0.15, 0.2) is 12.3 Å². The molecule has 0 unspecified atom stereocenters. The molecule has 0 atom stereocenters. The first-order valence-corrected chi connectivity index (χ1v) is 5.06. The molecule has 1 aliphatic rings. The highest BCUT2D eigenvalue weighted by Crippen LogP contribution is 2.25. The fourth-order valence-electron chi connectivity index (χ4n) is 1.20. The average Bonchev–Trinajstić information content (AvgIpc) is 2.24. The molecule has 0 aliphatic carbocycles. The summed E-state index contributed by atoms with van der Waals surface area (Å²) in [6.07, 6.45) is 1.32. The van der Waals surface area contributed by atoms with Crippen molar-refractivity contribution in [1.82, 2.24) is 4.98 Å². The van der Waals surface area contributed by atoms with Crippen molar-refractivity contribution in [1.29, 1.82) is 0 Å². The second-order valence-electron chi connectivity index (χ2n) is 3.28. The van der Waals surface area contributed by atoms with E-state index in [1.807, 2.05) is 0 Å². The molecule has 0 N–H and O–H groups in total. The van der Waals surface area contributed by atoms with Gasteiger partial charge >= 0.3 is 5.97 Å². The summed E-state index contributed by atoms with van der Waals surface area (Å²) >= 11 is 5.84. The molecule has 0 spiro atoms. The zero-order valence-electron chi connectivity index (χ0n) is 8.60. The lowest BCUT2D eigenvalue weighted by Crippen LogP contribution is -2.38. The highest BCUT2D eigenvalue weighted by atomic mass is 35.5. The van der Waals surface area contributed by atoms with Crippen LogP contribution in [0.2, 0.25) is 5.15 Å². The largest absolute Gasteiger partial charge is 0.482 e. The van der Waals surface area contributed by atoms with Gasteiger partial charge in [0.2, 0.25) is 0 Å². The second kappa shape index (κ2) is 4.67. The normalized spacial score (nSPS) is 15.4. The summed E-state index contributed by atoms with van der Waals surface area (Å²) in [5.41, 5.74) is 0.308. The maximum absolute atomic E-state index is 11.3. The zero-order valence-corrected chi connectivity index (χ0v) is 9.36. The van der Waals surface area contributed by atoms with Gasteiger partial charge in [0.25, 0.3) is 0 Å². The molecule has 2 heterocycles. The van der Waals surface area contributed by atoms with Gasteiger partial charge in [-0.05, 0) is 6.07 Å². The standard InChI is InChI=1S/C10H10ClNO4/c1-14-10(13)6-2-8(9(11)12-3-6)16-7-4-15-5-7/h2-3,7H,4-5H2,1H3. The topological polar surface area (TPSA) is 57.7 Å². The van der Waals surface area contributed by atoms with Gasteiger partial charge in [-0.15, -0.1) is 0 Å². The van der Waals surface area contributed by atoms with E-state index in [1.165, 1.54) is 19.4 Å². The van der Waals surface area contributed by atoms with E-state index in [1.54, 1.807) is 0 Å². The van der Waals surface area contributed by atoms with Gasteiger partial charge in [0.1, 0.15) is 6.10 Å². The van der Waals surface area contributed by atoms with E-state index in [2.05, 4.69) is 9.72 Å². The third-order valence-electron chi connectivity index (χ3n) is 2.13. The van der Waals surface area contributed by atoms with E-state index in [9.17, 15) is 4.79 Å². The van der Waals surface area contributed by atoms with E-state index >= 15 is 0 Å². The van der Waals surface area contributed by atoms with Crippen LogP contribution in [0.3, 0.4) is 0 Å². The highest BCUT2D eigenvalue weighted by Gasteiger charge is 2.22. The van der Waals surface area contributed by atoms with Crippen LogP contribution < -0.4 is 4.74 Å². The first-order valence-electron chi connectivity index (χ1n) is 4.69. The maximum Gasteiger partial charge on any atom is 0.339 e. The Labute approximate surface area is 97.3 Å². The van der Waals surface area contributed by atoms with Crippen molar-refractivity contribution < 1.29 is 19.0 Å². The van der Waals surface area contributed by atoms with Crippen molar-refractivity contribution in [3.63, 3.8) is 0 Å². The quantitative estimate of drug-likeness (QED) is 0.592. The molecule has 1 aromatic rings. The number of hydrogen-bond donors (Lipinski definition) is 0. The highest BCUT2D eigenvalue weighted by molar-refractivity contribution is 6.30. The Morgan fingerprint density at radius 2 is 2.38 bits per heavy atom. The number of esters is 1. The number of rotatable bonds is 3. The Kier molecular flexibility index (Phi) is 3.26. The first-order chi connectivity index (χ1) is 7.70. The average molecular weight is 244 g/mol. The summed E-state index contributed by atoms with van der Waals surface area (Å²) in [6, 6.07) is 1.51. The van der Waals surface area contributed by atoms with Crippen molar-refractivity contribution in [3.8, 4) is 5.75 Å². The number of halogens is 1. The van der Waals surface area contributed by atoms with Crippen LogP contribution in [0.1, 0.15) is 10.4 Å².